The van der Waals surface area contributed by atoms with Gasteiger partial charge in [0, 0.05) is 12.3 Å². The summed E-state index contributed by atoms with van der Waals surface area (Å²) >= 11 is 11.5. The van der Waals surface area contributed by atoms with Gasteiger partial charge in [-0.1, -0.05) is 23.2 Å². The highest BCUT2D eigenvalue weighted by Gasteiger charge is 2.32. The summed E-state index contributed by atoms with van der Waals surface area (Å²) in [6.45, 7) is 0. The van der Waals surface area contributed by atoms with Gasteiger partial charge in [0.2, 0.25) is 0 Å². The topological polar surface area (TPSA) is 17.8 Å². The maximum Gasteiger partial charge on any atom is 0.416 e. The first-order valence-electron chi connectivity index (χ1n) is 4.37. The van der Waals surface area contributed by atoms with Crippen LogP contribution in [0.25, 0.3) is 5.69 Å². The summed E-state index contributed by atoms with van der Waals surface area (Å²) in [4.78, 5) is 0. The second-order valence-corrected chi connectivity index (χ2v) is 3.99. The van der Waals surface area contributed by atoms with E-state index in [1.54, 1.807) is 0 Å². The van der Waals surface area contributed by atoms with E-state index in [-0.39, 0.29) is 15.7 Å². The first-order valence-corrected chi connectivity index (χ1v) is 5.12. The third-order valence-corrected chi connectivity index (χ3v) is 2.60. The lowest BCUT2D eigenvalue weighted by atomic mass is 10.2. The van der Waals surface area contributed by atoms with Crippen molar-refractivity contribution < 1.29 is 13.2 Å². The van der Waals surface area contributed by atoms with E-state index in [0.29, 0.717) is 0 Å². The smallest absolute Gasteiger partial charge is 0.237 e. The molecular weight excluding hydrogens is 276 g/mol. The monoisotopic (exact) mass is 279 g/mol. The standard InChI is InChI=1S/C10H4Cl2F3N2/c11-7-4-6(10(13,14)15)5-8(12)9(7)17-3-1-2-16-17/h2-5H. The Hall–Kier alpha value is -1.20. The Morgan fingerprint density at radius 2 is 1.76 bits per heavy atom. The van der Waals surface area contributed by atoms with Crippen LogP contribution in [0.1, 0.15) is 5.56 Å². The molecule has 2 aromatic rings. The molecule has 1 aromatic carbocycles. The molecule has 0 fully saturated rings. The van der Waals surface area contributed by atoms with Gasteiger partial charge in [-0.2, -0.15) is 18.3 Å². The molecule has 1 heterocycles. The fraction of sp³-hybridized carbons (Fsp3) is 0.100. The SMILES string of the molecule is FC(F)(F)c1cc(Cl)c(-n2c[c]cn2)c(Cl)c1. The second kappa shape index (κ2) is 4.23. The lowest BCUT2D eigenvalue weighted by molar-refractivity contribution is -0.137. The Morgan fingerprint density at radius 3 is 2.18 bits per heavy atom. The van der Waals surface area contributed by atoms with E-state index in [0.717, 1.165) is 12.1 Å². The fourth-order valence-electron chi connectivity index (χ4n) is 1.30. The zero-order chi connectivity index (χ0) is 12.6. The Morgan fingerprint density at radius 1 is 1.18 bits per heavy atom. The number of nitrogens with zero attached hydrogens (tertiary/aromatic N) is 2. The molecule has 0 saturated carbocycles. The van der Waals surface area contributed by atoms with Crippen molar-refractivity contribution in [2.24, 2.45) is 0 Å². The number of alkyl halides is 3. The van der Waals surface area contributed by atoms with Gasteiger partial charge >= 0.3 is 6.18 Å². The summed E-state index contributed by atoms with van der Waals surface area (Å²) in [5.74, 6) is 0. The molecule has 0 aliphatic rings. The van der Waals surface area contributed by atoms with Gasteiger partial charge in [0.15, 0.2) is 0 Å². The van der Waals surface area contributed by atoms with Gasteiger partial charge in [-0.3, -0.25) is 0 Å². The maximum absolute atomic E-state index is 12.5. The minimum atomic E-state index is -4.48. The van der Waals surface area contributed by atoms with Crippen molar-refractivity contribution in [3.63, 3.8) is 0 Å². The highest BCUT2D eigenvalue weighted by Crippen LogP contribution is 2.37. The number of halogens is 5. The second-order valence-electron chi connectivity index (χ2n) is 3.17. The van der Waals surface area contributed by atoms with Crippen LogP contribution >= 0.6 is 23.2 Å². The lowest BCUT2D eigenvalue weighted by Gasteiger charge is -2.12. The Balaban J connectivity index is 2.58. The average molecular weight is 280 g/mol. The van der Waals surface area contributed by atoms with E-state index in [9.17, 15) is 13.2 Å². The zero-order valence-corrected chi connectivity index (χ0v) is 9.61. The lowest BCUT2D eigenvalue weighted by Crippen LogP contribution is -2.06. The Bertz CT molecular complexity index is 512. The largest absolute Gasteiger partial charge is 0.416 e. The Labute approximate surface area is 105 Å². The summed E-state index contributed by atoms with van der Waals surface area (Å²) in [6.07, 6.45) is -1.72. The fourth-order valence-corrected chi connectivity index (χ4v) is 1.96. The minimum absolute atomic E-state index is 0.123. The van der Waals surface area contributed by atoms with Crippen molar-refractivity contribution in [1.82, 2.24) is 9.78 Å². The molecule has 1 aromatic heterocycles. The van der Waals surface area contributed by atoms with Crippen molar-refractivity contribution in [2.75, 3.05) is 0 Å². The number of hydrogen-bond acceptors (Lipinski definition) is 1. The van der Waals surface area contributed by atoms with Gasteiger partial charge in [-0.25, -0.2) is 4.68 Å². The van der Waals surface area contributed by atoms with Crippen molar-refractivity contribution >= 4 is 23.2 Å². The molecule has 1 radical (unpaired) electrons. The van der Waals surface area contributed by atoms with Gasteiger partial charge in [0.1, 0.15) is 5.69 Å². The number of benzene rings is 1. The van der Waals surface area contributed by atoms with Crippen LogP contribution in [0.5, 0.6) is 0 Å². The maximum atomic E-state index is 12.5. The first kappa shape index (κ1) is 12.3. The zero-order valence-electron chi connectivity index (χ0n) is 8.09. The number of hydrogen-bond donors (Lipinski definition) is 0. The van der Waals surface area contributed by atoms with Crippen molar-refractivity contribution in [3.05, 3.63) is 46.2 Å². The average Bonchev–Trinajstić information content (AvgIpc) is 2.68. The normalized spacial score (nSPS) is 11.8. The predicted molar refractivity (Wildman–Crippen MR) is 57.4 cm³/mol. The molecule has 0 amide bonds. The van der Waals surface area contributed by atoms with Gasteiger partial charge in [-0.05, 0) is 12.1 Å². The van der Waals surface area contributed by atoms with E-state index in [2.05, 4.69) is 11.2 Å². The van der Waals surface area contributed by atoms with E-state index < -0.39 is 11.7 Å². The summed E-state index contributed by atoms with van der Waals surface area (Å²) in [5, 5.41) is 3.56. The van der Waals surface area contributed by atoms with Gasteiger partial charge in [-0.15, -0.1) is 0 Å². The van der Waals surface area contributed by atoms with Crippen molar-refractivity contribution in [1.29, 1.82) is 0 Å². The quantitative estimate of drug-likeness (QED) is 0.772. The Kier molecular flexibility index (Phi) is 3.05. The van der Waals surface area contributed by atoms with Crippen LogP contribution in [0.2, 0.25) is 10.0 Å². The molecule has 2 rings (SSSR count). The number of aromatic nitrogens is 2. The van der Waals surface area contributed by atoms with Crippen LogP contribution in [0.3, 0.4) is 0 Å². The molecule has 0 spiro atoms. The van der Waals surface area contributed by atoms with Crippen LogP contribution in [-0.4, -0.2) is 9.78 Å². The van der Waals surface area contributed by atoms with Crippen LogP contribution in [0.15, 0.2) is 24.5 Å². The third-order valence-electron chi connectivity index (χ3n) is 2.03. The van der Waals surface area contributed by atoms with Gasteiger partial charge in [0.05, 0.1) is 21.8 Å². The van der Waals surface area contributed by atoms with Gasteiger partial charge < -0.3 is 0 Å². The molecule has 0 saturated heterocycles. The molecule has 2 nitrogen and oxygen atoms in total. The molecular formula is C10H4Cl2F3N2. The molecule has 0 aliphatic carbocycles. The molecule has 0 bridgehead atoms. The molecule has 0 aliphatic heterocycles. The van der Waals surface area contributed by atoms with E-state index >= 15 is 0 Å². The summed E-state index contributed by atoms with van der Waals surface area (Å²) in [7, 11) is 0. The highest BCUT2D eigenvalue weighted by atomic mass is 35.5. The minimum Gasteiger partial charge on any atom is -0.237 e. The molecule has 89 valence electrons. The molecule has 0 atom stereocenters. The summed E-state index contributed by atoms with van der Waals surface area (Å²) < 4.78 is 38.7. The van der Waals surface area contributed by atoms with Gasteiger partial charge in [0.25, 0.3) is 0 Å². The highest BCUT2D eigenvalue weighted by molar-refractivity contribution is 6.37. The summed E-state index contributed by atoms with van der Waals surface area (Å²) in [5.41, 5.74) is -0.699. The van der Waals surface area contributed by atoms with E-state index in [1.807, 2.05) is 0 Å². The van der Waals surface area contributed by atoms with Crippen LogP contribution < -0.4 is 0 Å². The van der Waals surface area contributed by atoms with Crippen molar-refractivity contribution in [2.45, 2.75) is 6.18 Å². The predicted octanol–water partition coefficient (Wildman–Crippen LogP) is 4.00. The molecule has 7 heteroatoms. The molecule has 17 heavy (non-hydrogen) atoms. The summed E-state index contributed by atoms with van der Waals surface area (Å²) in [6, 6.07) is 4.26. The van der Waals surface area contributed by atoms with E-state index in [4.69, 9.17) is 23.2 Å². The van der Waals surface area contributed by atoms with Crippen molar-refractivity contribution in [3.8, 4) is 5.69 Å². The third kappa shape index (κ3) is 2.40. The molecule has 0 N–H and O–H groups in total. The van der Waals surface area contributed by atoms with Crippen LogP contribution in [-0.2, 0) is 6.18 Å². The van der Waals surface area contributed by atoms with Crippen LogP contribution in [0.4, 0.5) is 13.2 Å². The van der Waals surface area contributed by atoms with E-state index in [1.165, 1.54) is 17.1 Å². The number of rotatable bonds is 1. The van der Waals surface area contributed by atoms with Crippen LogP contribution in [0, 0.1) is 6.07 Å². The first-order chi connectivity index (χ1) is 7.89. The molecule has 0 unspecified atom stereocenters.